The van der Waals surface area contributed by atoms with Crippen LogP contribution in [0.4, 0.5) is 0 Å². The number of aromatic nitrogens is 1. The Morgan fingerprint density at radius 2 is 1.95 bits per heavy atom. The molecule has 2 aromatic heterocycles. The molecule has 1 aromatic carbocycles. The molecule has 0 aliphatic rings. The summed E-state index contributed by atoms with van der Waals surface area (Å²) in [5, 5.41) is 3.54. The Kier molecular flexibility index (Phi) is 3.44. The van der Waals surface area contributed by atoms with Crippen molar-refractivity contribution in [1.29, 1.82) is 0 Å². The van der Waals surface area contributed by atoms with Crippen molar-refractivity contribution in [2.75, 3.05) is 0 Å². The highest BCUT2D eigenvalue weighted by Gasteiger charge is 2.09. The largest absolute Gasteiger partial charge is 0.348 e. The summed E-state index contributed by atoms with van der Waals surface area (Å²) in [5.41, 5.74) is 2.55. The molecule has 3 nitrogen and oxygen atoms in total. The molecule has 1 amide bonds. The molecule has 3 aromatic rings. The summed E-state index contributed by atoms with van der Waals surface area (Å²) in [7, 11) is 0. The minimum absolute atomic E-state index is 0.103. The summed E-state index contributed by atoms with van der Waals surface area (Å²) in [5.74, 6) is -0.103. The van der Waals surface area contributed by atoms with Crippen LogP contribution in [0.2, 0.25) is 5.02 Å². The fraction of sp³-hybridized carbons (Fsp3) is 0.0625. The molecule has 0 saturated carbocycles. The third kappa shape index (κ3) is 2.53. The monoisotopic (exact) mass is 284 g/mol. The number of carbonyl (C=O) groups is 1. The molecule has 2 heterocycles. The number of carbonyl (C=O) groups excluding carboxylic acids is 1. The van der Waals surface area contributed by atoms with E-state index in [2.05, 4.69) is 5.32 Å². The second-order valence-corrected chi connectivity index (χ2v) is 4.94. The first-order valence-electron chi connectivity index (χ1n) is 6.32. The zero-order valence-corrected chi connectivity index (χ0v) is 11.5. The molecular weight excluding hydrogens is 272 g/mol. The standard InChI is InChI=1S/C16H13ClN2O/c17-15-7-2-1-5-12(15)10-18-16(20)13-9-14-6-3-4-8-19(14)11-13/h1-9,11H,10H2,(H,18,20). The van der Waals surface area contributed by atoms with Crippen LogP contribution in [0, 0.1) is 0 Å². The van der Waals surface area contributed by atoms with E-state index in [0.717, 1.165) is 11.1 Å². The van der Waals surface area contributed by atoms with Gasteiger partial charge in [-0.3, -0.25) is 4.79 Å². The van der Waals surface area contributed by atoms with Crippen molar-refractivity contribution in [3.63, 3.8) is 0 Å². The SMILES string of the molecule is O=C(NCc1ccccc1Cl)c1cc2ccccn2c1. The van der Waals surface area contributed by atoms with Crippen LogP contribution < -0.4 is 5.32 Å². The number of rotatable bonds is 3. The minimum atomic E-state index is -0.103. The molecule has 0 aliphatic carbocycles. The van der Waals surface area contributed by atoms with Crippen molar-refractivity contribution >= 4 is 23.0 Å². The van der Waals surface area contributed by atoms with E-state index in [0.29, 0.717) is 17.1 Å². The van der Waals surface area contributed by atoms with Crippen LogP contribution in [0.3, 0.4) is 0 Å². The number of benzene rings is 1. The first-order valence-corrected chi connectivity index (χ1v) is 6.70. The molecule has 20 heavy (non-hydrogen) atoms. The van der Waals surface area contributed by atoms with E-state index in [1.165, 1.54) is 0 Å². The van der Waals surface area contributed by atoms with E-state index < -0.39 is 0 Å². The molecule has 4 heteroatoms. The second kappa shape index (κ2) is 5.39. The summed E-state index contributed by atoms with van der Waals surface area (Å²) in [6, 6.07) is 15.2. The van der Waals surface area contributed by atoms with Gasteiger partial charge in [0.2, 0.25) is 0 Å². The van der Waals surface area contributed by atoms with E-state index >= 15 is 0 Å². The van der Waals surface area contributed by atoms with Crippen LogP contribution in [0.15, 0.2) is 60.9 Å². The molecule has 0 saturated heterocycles. The number of amides is 1. The predicted molar refractivity (Wildman–Crippen MR) is 80.0 cm³/mol. The van der Waals surface area contributed by atoms with E-state index in [-0.39, 0.29) is 5.91 Å². The lowest BCUT2D eigenvalue weighted by atomic mass is 10.2. The van der Waals surface area contributed by atoms with Crippen molar-refractivity contribution in [3.8, 4) is 0 Å². The Morgan fingerprint density at radius 3 is 2.75 bits per heavy atom. The van der Waals surface area contributed by atoms with E-state index in [1.54, 1.807) is 0 Å². The molecule has 3 rings (SSSR count). The Balaban J connectivity index is 1.75. The number of fused-ring (bicyclic) bond motifs is 1. The molecule has 0 aliphatic heterocycles. The summed E-state index contributed by atoms with van der Waals surface area (Å²) in [6.07, 6.45) is 3.73. The van der Waals surface area contributed by atoms with Crippen LogP contribution >= 0.6 is 11.6 Å². The number of pyridine rings is 1. The molecule has 0 radical (unpaired) electrons. The highest BCUT2D eigenvalue weighted by molar-refractivity contribution is 6.31. The maximum atomic E-state index is 12.1. The summed E-state index contributed by atoms with van der Waals surface area (Å²) >= 11 is 6.06. The van der Waals surface area contributed by atoms with Gasteiger partial charge >= 0.3 is 0 Å². The zero-order valence-electron chi connectivity index (χ0n) is 10.7. The van der Waals surface area contributed by atoms with E-state index in [4.69, 9.17) is 11.6 Å². The van der Waals surface area contributed by atoms with Crippen LogP contribution in [-0.4, -0.2) is 10.3 Å². The minimum Gasteiger partial charge on any atom is -0.348 e. The summed E-state index contributed by atoms with van der Waals surface area (Å²) in [6.45, 7) is 0.421. The fourth-order valence-corrected chi connectivity index (χ4v) is 2.30. The van der Waals surface area contributed by atoms with Gasteiger partial charge < -0.3 is 9.72 Å². The number of hydrogen-bond acceptors (Lipinski definition) is 1. The lowest BCUT2D eigenvalue weighted by Gasteiger charge is -2.05. The highest BCUT2D eigenvalue weighted by atomic mass is 35.5. The molecule has 1 N–H and O–H groups in total. The normalized spacial score (nSPS) is 10.7. The molecule has 100 valence electrons. The van der Waals surface area contributed by atoms with Crippen LogP contribution in [0.25, 0.3) is 5.52 Å². The van der Waals surface area contributed by atoms with Gasteiger partial charge in [0.1, 0.15) is 0 Å². The quantitative estimate of drug-likeness (QED) is 0.784. The average Bonchev–Trinajstić information content (AvgIpc) is 2.90. The van der Waals surface area contributed by atoms with Crippen molar-refractivity contribution in [2.45, 2.75) is 6.54 Å². The number of nitrogens with one attached hydrogen (secondary N) is 1. The number of hydrogen-bond donors (Lipinski definition) is 1. The van der Waals surface area contributed by atoms with Gasteiger partial charge in [-0.1, -0.05) is 35.9 Å². The first kappa shape index (κ1) is 12.8. The maximum absolute atomic E-state index is 12.1. The molecular formula is C16H13ClN2O. The Bertz CT molecular complexity index is 731. The molecule has 0 spiro atoms. The van der Waals surface area contributed by atoms with E-state index in [1.807, 2.05) is 65.3 Å². The van der Waals surface area contributed by atoms with Crippen LogP contribution in [0.1, 0.15) is 15.9 Å². The molecule has 0 bridgehead atoms. The summed E-state index contributed by atoms with van der Waals surface area (Å²) < 4.78 is 1.92. The van der Waals surface area contributed by atoms with Gasteiger partial charge in [-0.05, 0) is 29.8 Å². The molecule has 0 atom stereocenters. The second-order valence-electron chi connectivity index (χ2n) is 4.54. The van der Waals surface area contributed by atoms with Crippen molar-refractivity contribution in [3.05, 3.63) is 77.1 Å². The van der Waals surface area contributed by atoms with Crippen molar-refractivity contribution in [1.82, 2.24) is 9.72 Å². The van der Waals surface area contributed by atoms with E-state index in [9.17, 15) is 4.79 Å². The van der Waals surface area contributed by atoms with Gasteiger partial charge in [0.15, 0.2) is 0 Å². The van der Waals surface area contributed by atoms with Gasteiger partial charge in [0.05, 0.1) is 5.56 Å². The topological polar surface area (TPSA) is 33.5 Å². The van der Waals surface area contributed by atoms with Gasteiger partial charge in [-0.25, -0.2) is 0 Å². The predicted octanol–water partition coefficient (Wildman–Crippen LogP) is 3.52. The molecule has 0 fully saturated rings. The smallest absolute Gasteiger partial charge is 0.253 e. The van der Waals surface area contributed by atoms with Gasteiger partial charge in [-0.2, -0.15) is 0 Å². The number of nitrogens with zero attached hydrogens (tertiary/aromatic N) is 1. The van der Waals surface area contributed by atoms with Gasteiger partial charge in [0, 0.05) is 29.5 Å². The number of halogens is 1. The van der Waals surface area contributed by atoms with Crippen molar-refractivity contribution < 1.29 is 4.79 Å². The third-order valence-corrected chi connectivity index (χ3v) is 3.53. The maximum Gasteiger partial charge on any atom is 0.253 e. The van der Waals surface area contributed by atoms with Gasteiger partial charge in [0.25, 0.3) is 5.91 Å². The third-order valence-electron chi connectivity index (χ3n) is 3.16. The van der Waals surface area contributed by atoms with Crippen molar-refractivity contribution in [2.24, 2.45) is 0 Å². The van der Waals surface area contributed by atoms with Gasteiger partial charge in [-0.15, -0.1) is 0 Å². The molecule has 0 unspecified atom stereocenters. The lowest BCUT2D eigenvalue weighted by molar-refractivity contribution is 0.0951. The Hall–Kier alpha value is -2.26. The first-order chi connectivity index (χ1) is 9.74. The fourth-order valence-electron chi connectivity index (χ4n) is 2.10. The van der Waals surface area contributed by atoms with Crippen LogP contribution in [0.5, 0.6) is 0 Å². The average molecular weight is 285 g/mol. The highest BCUT2D eigenvalue weighted by Crippen LogP contribution is 2.15. The Morgan fingerprint density at radius 1 is 1.15 bits per heavy atom. The summed E-state index contributed by atoms with van der Waals surface area (Å²) in [4.78, 5) is 12.1. The Labute approximate surface area is 121 Å². The zero-order chi connectivity index (χ0) is 13.9. The lowest BCUT2D eigenvalue weighted by Crippen LogP contribution is -2.22. The van der Waals surface area contributed by atoms with Crippen LogP contribution in [-0.2, 0) is 6.54 Å².